The normalized spacial score (nSPS) is 13.3. The molecule has 0 saturated heterocycles. The molecule has 0 aromatic rings. The average Bonchev–Trinajstić information content (AvgIpc) is 2.30. The lowest BCUT2D eigenvalue weighted by Crippen LogP contribution is -2.04. The van der Waals surface area contributed by atoms with Gasteiger partial charge in [0.2, 0.25) is 0 Å². The van der Waals surface area contributed by atoms with Gasteiger partial charge in [0.25, 0.3) is 0 Å². The summed E-state index contributed by atoms with van der Waals surface area (Å²) in [5.41, 5.74) is 0. The second-order valence-electron chi connectivity index (χ2n) is 4.66. The molecule has 1 aliphatic rings. The zero-order valence-corrected chi connectivity index (χ0v) is 13.4. The van der Waals surface area contributed by atoms with Gasteiger partial charge in [-0.1, -0.05) is 93.9 Å². The predicted molar refractivity (Wildman–Crippen MR) is 80.1 cm³/mol. The van der Waals surface area contributed by atoms with Crippen LogP contribution in [-0.4, -0.2) is 0 Å². The average molecular weight is 230 g/mol. The van der Waals surface area contributed by atoms with E-state index in [1.165, 1.54) is 38.5 Å². The Bertz CT molecular complexity index is 78.0. The Hall–Kier alpha value is 0. The fraction of sp³-hybridized carbons (Fsp3) is 1.00. The Labute approximate surface area is 106 Å². The molecule has 0 unspecified atom stereocenters. The molecule has 0 atom stereocenters. The van der Waals surface area contributed by atoms with E-state index >= 15 is 0 Å². The molecule has 0 N–H and O–H groups in total. The molecular formula is C16H38. The van der Waals surface area contributed by atoms with Crippen molar-refractivity contribution in [3.05, 3.63) is 0 Å². The minimum absolute atomic E-state index is 0.935. The van der Waals surface area contributed by atoms with E-state index in [1.807, 2.05) is 13.8 Å². The van der Waals surface area contributed by atoms with Crippen molar-refractivity contribution < 1.29 is 0 Å². The fourth-order valence-electron chi connectivity index (χ4n) is 0.901. The first kappa shape index (κ1) is 21.3. The molecule has 0 aromatic heterocycles. The minimum Gasteiger partial charge on any atom is -0.0683 e. The Morgan fingerprint density at radius 3 is 1.19 bits per heavy atom. The molecule has 1 fully saturated rings. The Balaban J connectivity index is -0.000000153. The highest BCUT2D eigenvalue weighted by molar-refractivity contribution is 4.62. The topological polar surface area (TPSA) is 0 Å². The van der Waals surface area contributed by atoms with Crippen LogP contribution in [0.5, 0.6) is 0 Å². The zero-order valence-electron chi connectivity index (χ0n) is 13.4. The first-order valence-electron chi connectivity index (χ1n) is 7.62. The van der Waals surface area contributed by atoms with Crippen LogP contribution in [0.25, 0.3) is 0 Å². The lowest BCUT2D eigenvalue weighted by Gasteiger charge is -2.18. The molecule has 1 aliphatic carbocycles. The van der Waals surface area contributed by atoms with Crippen molar-refractivity contribution in [3.63, 3.8) is 0 Å². The van der Waals surface area contributed by atoms with Gasteiger partial charge in [0.1, 0.15) is 0 Å². The molecule has 0 spiro atoms. The second kappa shape index (κ2) is 20.4. The summed E-state index contributed by atoms with van der Waals surface area (Å²) in [5.74, 6) is 2.00. The molecule has 0 heteroatoms. The summed E-state index contributed by atoms with van der Waals surface area (Å²) >= 11 is 0. The van der Waals surface area contributed by atoms with Gasteiger partial charge in [-0.05, 0) is 11.8 Å². The number of rotatable bonds is 2. The van der Waals surface area contributed by atoms with E-state index in [1.54, 1.807) is 0 Å². The first-order valence-corrected chi connectivity index (χ1v) is 7.62. The van der Waals surface area contributed by atoms with Crippen LogP contribution in [0.1, 0.15) is 93.9 Å². The van der Waals surface area contributed by atoms with E-state index in [2.05, 4.69) is 41.5 Å². The van der Waals surface area contributed by atoms with Crippen molar-refractivity contribution >= 4 is 0 Å². The van der Waals surface area contributed by atoms with Crippen LogP contribution in [-0.2, 0) is 0 Å². The van der Waals surface area contributed by atoms with Gasteiger partial charge < -0.3 is 0 Å². The standard InChI is InChI=1S/C6H14.C5H10.C3H8.C2H6/c1-4-6(3)5-2;1-5-3-2-4-5;1-3-2;1-2/h6H,4-5H2,1-3H3;5H,2-4H2,1H3;3H2,1-2H3;1-2H3. The molecule has 1 rings (SSSR count). The SMILES string of the molecule is CC.CC1CCC1.CCC.CCC(C)CC. The van der Waals surface area contributed by atoms with Gasteiger partial charge in [0.15, 0.2) is 0 Å². The predicted octanol–water partition coefficient (Wildman–Crippen LogP) is 6.69. The summed E-state index contributed by atoms with van der Waals surface area (Å²) in [7, 11) is 0. The highest BCUT2D eigenvalue weighted by Crippen LogP contribution is 2.24. The van der Waals surface area contributed by atoms with Crippen LogP contribution >= 0.6 is 0 Å². The van der Waals surface area contributed by atoms with Crippen LogP contribution in [0.15, 0.2) is 0 Å². The van der Waals surface area contributed by atoms with E-state index in [4.69, 9.17) is 0 Å². The minimum atomic E-state index is 0.935. The summed E-state index contributed by atoms with van der Waals surface area (Å²) in [6.07, 6.45) is 8.37. The van der Waals surface area contributed by atoms with E-state index < -0.39 is 0 Å². The molecule has 0 heterocycles. The summed E-state index contributed by atoms with van der Waals surface area (Å²) in [5, 5.41) is 0. The van der Waals surface area contributed by atoms with Crippen molar-refractivity contribution in [2.24, 2.45) is 11.8 Å². The molecule has 102 valence electrons. The first-order chi connectivity index (χ1) is 7.62. The third kappa shape index (κ3) is 23.7. The third-order valence-corrected chi connectivity index (χ3v) is 2.79. The van der Waals surface area contributed by atoms with Crippen molar-refractivity contribution in [3.8, 4) is 0 Å². The van der Waals surface area contributed by atoms with Crippen LogP contribution in [0.3, 0.4) is 0 Å². The summed E-state index contributed by atoms with van der Waals surface area (Å²) < 4.78 is 0. The molecule has 1 saturated carbocycles. The fourth-order valence-corrected chi connectivity index (χ4v) is 0.901. The van der Waals surface area contributed by atoms with E-state index in [-0.39, 0.29) is 0 Å². The molecule has 0 aliphatic heterocycles. The van der Waals surface area contributed by atoms with E-state index in [0.29, 0.717) is 0 Å². The molecule has 0 radical (unpaired) electrons. The monoisotopic (exact) mass is 230 g/mol. The van der Waals surface area contributed by atoms with Gasteiger partial charge in [-0.3, -0.25) is 0 Å². The summed E-state index contributed by atoms with van der Waals surface area (Å²) in [4.78, 5) is 0. The lowest BCUT2D eigenvalue weighted by atomic mass is 9.88. The second-order valence-corrected chi connectivity index (χ2v) is 4.66. The van der Waals surface area contributed by atoms with Crippen molar-refractivity contribution in [2.45, 2.75) is 93.9 Å². The largest absolute Gasteiger partial charge is 0.0683 e. The maximum Gasteiger partial charge on any atom is -0.0443 e. The quantitative estimate of drug-likeness (QED) is 0.495. The molecule has 0 aromatic carbocycles. The molecule has 16 heavy (non-hydrogen) atoms. The van der Waals surface area contributed by atoms with Crippen LogP contribution in [0.4, 0.5) is 0 Å². The maximum absolute atomic E-state index is 2.31. The molecule has 0 bridgehead atoms. The van der Waals surface area contributed by atoms with E-state index in [0.717, 1.165) is 11.8 Å². The Kier molecular flexibility index (Phi) is 27.2. The summed E-state index contributed by atoms with van der Waals surface area (Å²) in [6, 6.07) is 0. The van der Waals surface area contributed by atoms with E-state index in [9.17, 15) is 0 Å². The van der Waals surface area contributed by atoms with Gasteiger partial charge in [-0.25, -0.2) is 0 Å². The van der Waals surface area contributed by atoms with Gasteiger partial charge in [-0.2, -0.15) is 0 Å². The summed E-state index contributed by atoms with van der Waals surface area (Å²) in [6.45, 7) is 17.3. The highest BCUT2D eigenvalue weighted by atomic mass is 14.1. The molecule has 0 nitrogen and oxygen atoms in total. The lowest BCUT2D eigenvalue weighted by molar-refractivity contribution is 0.346. The van der Waals surface area contributed by atoms with Crippen molar-refractivity contribution in [1.29, 1.82) is 0 Å². The van der Waals surface area contributed by atoms with Gasteiger partial charge in [-0.15, -0.1) is 0 Å². The molecular weight excluding hydrogens is 192 g/mol. The van der Waals surface area contributed by atoms with Crippen molar-refractivity contribution in [2.75, 3.05) is 0 Å². The Morgan fingerprint density at radius 1 is 0.938 bits per heavy atom. The third-order valence-electron chi connectivity index (χ3n) is 2.79. The van der Waals surface area contributed by atoms with Crippen LogP contribution in [0.2, 0.25) is 0 Å². The van der Waals surface area contributed by atoms with Gasteiger partial charge in [0.05, 0.1) is 0 Å². The van der Waals surface area contributed by atoms with Crippen LogP contribution in [0, 0.1) is 11.8 Å². The van der Waals surface area contributed by atoms with Gasteiger partial charge in [0, 0.05) is 0 Å². The Morgan fingerprint density at radius 2 is 1.19 bits per heavy atom. The van der Waals surface area contributed by atoms with Crippen molar-refractivity contribution in [1.82, 2.24) is 0 Å². The smallest absolute Gasteiger partial charge is 0.0443 e. The van der Waals surface area contributed by atoms with Gasteiger partial charge >= 0.3 is 0 Å². The highest BCUT2D eigenvalue weighted by Gasteiger charge is 2.09. The molecule has 0 amide bonds. The maximum atomic E-state index is 2.31. The number of hydrogen-bond donors (Lipinski definition) is 0. The number of hydrogen-bond acceptors (Lipinski definition) is 0. The zero-order chi connectivity index (χ0) is 13.4. The van der Waals surface area contributed by atoms with Crippen LogP contribution < -0.4 is 0 Å².